The average Bonchev–Trinajstić information content (AvgIpc) is 2.43. The Morgan fingerprint density at radius 2 is 1.20 bits per heavy atom. The van der Waals surface area contributed by atoms with Gasteiger partial charge >= 0.3 is 5.97 Å². The van der Waals surface area contributed by atoms with Gasteiger partial charge in [-0.15, -0.1) is 11.8 Å². The summed E-state index contributed by atoms with van der Waals surface area (Å²) in [5, 5.41) is 8.51. The summed E-state index contributed by atoms with van der Waals surface area (Å²) in [7, 11) is 0. The third-order valence-electron chi connectivity index (χ3n) is 3.47. The third-order valence-corrected chi connectivity index (χ3v) is 3.47. The maximum Gasteiger partial charge on any atom is 0.303 e. The summed E-state index contributed by atoms with van der Waals surface area (Å²) in [6, 6.07) is 0. The van der Waals surface area contributed by atoms with E-state index in [1.54, 1.807) is 0 Å². The summed E-state index contributed by atoms with van der Waals surface area (Å²) < 4.78 is 0. The highest BCUT2D eigenvalue weighted by molar-refractivity contribution is 5.66. The van der Waals surface area contributed by atoms with Gasteiger partial charge in [0.15, 0.2) is 0 Å². The third kappa shape index (κ3) is 17.0. The zero-order valence-corrected chi connectivity index (χ0v) is 13.3. The lowest BCUT2D eigenvalue weighted by atomic mass is 10.1. The van der Waals surface area contributed by atoms with E-state index in [9.17, 15) is 4.79 Å². The average molecular weight is 280 g/mol. The molecule has 1 N–H and O–H groups in total. The lowest BCUT2D eigenvalue weighted by Crippen LogP contribution is -1.93. The Balaban J connectivity index is 3.07. The van der Waals surface area contributed by atoms with Crippen LogP contribution in [-0.4, -0.2) is 11.1 Å². The van der Waals surface area contributed by atoms with Gasteiger partial charge in [-0.25, -0.2) is 0 Å². The molecule has 0 aliphatic rings. The fourth-order valence-electron chi connectivity index (χ4n) is 2.19. The molecule has 0 bridgehead atoms. The first-order valence-corrected chi connectivity index (χ1v) is 8.45. The summed E-state index contributed by atoms with van der Waals surface area (Å²) >= 11 is 0. The topological polar surface area (TPSA) is 37.3 Å². The zero-order valence-electron chi connectivity index (χ0n) is 13.3. The Labute approximate surface area is 125 Å². The van der Waals surface area contributed by atoms with E-state index in [4.69, 9.17) is 5.11 Å². The molecule has 0 spiro atoms. The van der Waals surface area contributed by atoms with Crippen molar-refractivity contribution in [1.29, 1.82) is 0 Å². The van der Waals surface area contributed by atoms with Crippen LogP contribution in [0.25, 0.3) is 0 Å². The first kappa shape index (κ1) is 19.0. The molecule has 0 saturated carbocycles. The van der Waals surface area contributed by atoms with Gasteiger partial charge in [-0.3, -0.25) is 4.79 Å². The number of aliphatic carboxylic acids is 1. The molecule has 20 heavy (non-hydrogen) atoms. The van der Waals surface area contributed by atoms with Gasteiger partial charge in [0, 0.05) is 19.3 Å². The van der Waals surface area contributed by atoms with E-state index in [-0.39, 0.29) is 0 Å². The first-order valence-electron chi connectivity index (χ1n) is 8.45. The van der Waals surface area contributed by atoms with Crippen LogP contribution in [0.2, 0.25) is 0 Å². The molecular formula is C18H32O2. The molecule has 0 aromatic rings. The minimum Gasteiger partial charge on any atom is -0.481 e. The smallest absolute Gasteiger partial charge is 0.303 e. The molecule has 0 rings (SSSR count). The van der Waals surface area contributed by atoms with Gasteiger partial charge < -0.3 is 5.11 Å². The number of carboxylic acids is 1. The second-order valence-electron chi connectivity index (χ2n) is 5.53. The number of hydrogen-bond acceptors (Lipinski definition) is 1. The van der Waals surface area contributed by atoms with Crippen LogP contribution in [-0.2, 0) is 4.79 Å². The lowest BCUT2D eigenvalue weighted by Gasteiger charge is -2.00. The molecule has 0 aliphatic heterocycles. The molecule has 0 unspecified atom stereocenters. The Hall–Kier alpha value is -0.970. The van der Waals surface area contributed by atoms with Gasteiger partial charge in [-0.2, -0.15) is 0 Å². The van der Waals surface area contributed by atoms with Gasteiger partial charge in [-0.1, -0.05) is 58.3 Å². The highest BCUT2D eigenvalue weighted by Gasteiger charge is 1.96. The molecule has 0 fully saturated rings. The number of unbranched alkanes of at least 4 members (excludes halogenated alkanes) is 11. The van der Waals surface area contributed by atoms with Crippen molar-refractivity contribution in [3.8, 4) is 11.8 Å². The van der Waals surface area contributed by atoms with Crippen molar-refractivity contribution in [2.24, 2.45) is 0 Å². The molecule has 0 aromatic carbocycles. The summed E-state index contributed by atoms with van der Waals surface area (Å²) in [6.45, 7) is 2.22. The van der Waals surface area contributed by atoms with Crippen molar-refractivity contribution < 1.29 is 9.90 Å². The summed E-state index contributed by atoms with van der Waals surface area (Å²) in [5.41, 5.74) is 0. The maximum atomic E-state index is 10.3. The van der Waals surface area contributed by atoms with Crippen LogP contribution in [0.4, 0.5) is 0 Å². The van der Waals surface area contributed by atoms with E-state index in [2.05, 4.69) is 18.8 Å². The molecule has 2 heteroatoms. The van der Waals surface area contributed by atoms with E-state index in [1.165, 1.54) is 57.8 Å². The lowest BCUT2D eigenvalue weighted by molar-refractivity contribution is -0.137. The molecule has 0 atom stereocenters. The van der Waals surface area contributed by atoms with Crippen molar-refractivity contribution >= 4 is 5.97 Å². The van der Waals surface area contributed by atoms with E-state index in [0.717, 1.165) is 25.7 Å². The molecule has 2 nitrogen and oxygen atoms in total. The van der Waals surface area contributed by atoms with Gasteiger partial charge in [0.05, 0.1) is 0 Å². The monoisotopic (exact) mass is 280 g/mol. The summed E-state index contributed by atoms with van der Waals surface area (Å²) in [6.07, 6.45) is 15.8. The number of hydrogen-bond donors (Lipinski definition) is 1. The molecule has 0 aromatic heterocycles. The molecule has 116 valence electrons. The van der Waals surface area contributed by atoms with Crippen molar-refractivity contribution in [2.45, 2.75) is 96.8 Å². The normalized spacial score (nSPS) is 10.1. The minimum atomic E-state index is -0.666. The van der Waals surface area contributed by atoms with Gasteiger partial charge in [0.1, 0.15) is 0 Å². The summed E-state index contributed by atoms with van der Waals surface area (Å²) in [5.74, 6) is 5.86. The standard InChI is InChI=1S/C18H32O2/c1-2-3-4-5-6-7-8-9-10-11-12-13-14-15-16-17-18(19)20/h2-5,8-17H2,1H3,(H,19,20). The van der Waals surface area contributed by atoms with Crippen LogP contribution >= 0.6 is 0 Å². The van der Waals surface area contributed by atoms with Crippen LogP contribution in [0.3, 0.4) is 0 Å². The van der Waals surface area contributed by atoms with Crippen molar-refractivity contribution in [1.82, 2.24) is 0 Å². The van der Waals surface area contributed by atoms with E-state index >= 15 is 0 Å². The highest BCUT2D eigenvalue weighted by Crippen LogP contribution is 2.10. The van der Waals surface area contributed by atoms with Crippen LogP contribution in [0, 0.1) is 11.8 Å². The fraction of sp³-hybridized carbons (Fsp3) is 0.833. The molecule has 0 heterocycles. The zero-order chi connectivity index (χ0) is 14.9. The number of carbonyl (C=O) groups is 1. The van der Waals surface area contributed by atoms with Crippen LogP contribution in [0.1, 0.15) is 96.8 Å². The van der Waals surface area contributed by atoms with Crippen molar-refractivity contribution in [3.05, 3.63) is 0 Å². The Bertz CT molecular complexity index is 273. The fourth-order valence-corrected chi connectivity index (χ4v) is 2.19. The Kier molecular flexibility index (Phi) is 15.3. The quantitative estimate of drug-likeness (QED) is 0.354. The number of rotatable bonds is 13. The van der Waals surface area contributed by atoms with Crippen LogP contribution in [0.15, 0.2) is 0 Å². The van der Waals surface area contributed by atoms with Crippen molar-refractivity contribution in [3.63, 3.8) is 0 Å². The van der Waals surface area contributed by atoms with Gasteiger partial charge in [-0.05, 0) is 19.3 Å². The SMILES string of the molecule is CCCCCC#CCCCCCCCCCCC(=O)O. The second kappa shape index (κ2) is 16.1. The van der Waals surface area contributed by atoms with Gasteiger partial charge in [0.2, 0.25) is 0 Å². The van der Waals surface area contributed by atoms with E-state index in [1.807, 2.05) is 0 Å². The molecule has 0 aliphatic carbocycles. The first-order chi connectivity index (χ1) is 9.77. The number of carboxylic acid groups (broad SMARTS) is 1. The van der Waals surface area contributed by atoms with Crippen LogP contribution < -0.4 is 0 Å². The predicted octanol–water partition coefficient (Wildman–Crippen LogP) is 5.56. The minimum absolute atomic E-state index is 0.330. The molecule has 0 amide bonds. The molecular weight excluding hydrogens is 248 g/mol. The second-order valence-corrected chi connectivity index (χ2v) is 5.53. The maximum absolute atomic E-state index is 10.3. The Morgan fingerprint density at radius 1 is 0.750 bits per heavy atom. The van der Waals surface area contributed by atoms with Crippen molar-refractivity contribution in [2.75, 3.05) is 0 Å². The predicted molar refractivity (Wildman–Crippen MR) is 85.7 cm³/mol. The molecule has 0 radical (unpaired) electrons. The molecule has 0 saturated heterocycles. The Morgan fingerprint density at radius 3 is 1.70 bits per heavy atom. The van der Waals surface area contributed by atoms with E-state index in [0.29, 0.717) is 6.42 Å². The van der Waals surface area contributed by atoms with Crippen LogP contribution in [0.5, 0.6) is 0 Å². The van der Waals surface area contributed by atoms with E-state index < -0.39 is 5.97 Å². The summed E-state index contributed by atoms with van der Waals surface area (Å²) in [4.78, 5) is 10.3. The largest absolute Gasteiger partial charge is 0.481 e. The highest BCUT2D eigenvalue weighted by atomic mass is 16.4. The van der Waals surface area contributed by atoms with Gasteiger partial charge in [0.25, 0.3) is 0 Å².